The van der Waals surface area contributed by atoms with Crippen molar-refractivity contribution >= 4 is 40.6 Å². The molecule has 1 unspecified atom stereocenters. The van der Waals surface area contributed by atoms with Gasteiger partial charge in [0.05, 0.1) is 11.6 Å². The first-order chi connectivity index (χ1) is 16.3. The highest BCUT2D eigenvalue weighted by molar-refractivity contribution is 7.09. The molecule has 0 spiro atoms. The number of nitrogens with one attached hydrogen (secondary N) is 1. The molecule has 3 aromatic rings. The van der Waals surface area contributed by atoms with Gasteiger partial charge in [0.2, 0.25) is 5.91 Å². The molecule has 0 aliphatic carbocycles. The lowest BCUT2D eigenvalue weighted by Gasteiger charge is -2.31. The van der Waals surface area contributed by atoms with Gasteiger partial charge < -0.3 is 15.1 Å². The van der Waals surface area contributed by atoms with Crippen LogP contribution in [0.25, 0.3) is 0 Å². The van der Waals surface area contributed by atoms with Gasteiger partial charge in [0.15, 0.2) is 0 Å². The van der Waals surface area contributed by atoms with E-state index in [9.17, 15) is 18.4 Å². The van der Waals surface area contributed by atoms with Crippen molar-refractivity contribution < 1.29 is 18.4 Å². The summed E-state index contributed by atoms with van der Waals surface area (Å²) in [4.78, 5) is 30.5. The van der Waals surface area contributed by atoms with Gasteiger partial charge in [-0.15, -0.1) is 11.3 Å². The Balaban J connectivity index is 1.78. The van der Waals surface area contributed by atoms with Crippen molar-refractivity contribution in [2.24, 2.45) is 0 Å². The normalized spacial score (nSPS) is 11.7. The molecule has 0 fully saturated rings. The average Bonchev–Trinajstić information content (AvgIpc) is 3.33. The molecule has 9 heteroatoms. The molecular formula is C25H26ClF2N3O2S. The zero-order chi connectivity index (χ0) is 24.7. The van der Waals surface area contributed by atoms with Crippen LogP contribution in [0.15, 0.2) is 60.0 Å². The second-order valence-electron chi connectivity index (χ2n) is 7.90. The minimum atomic E-state index is -0.585. The minimum Gasteiger partial charge on any atom is -0.332 e. The van der Waals surface area contributed by atoms with Crippen LogP contribution in [0, 0.1) is 11.6 Å². The molecule has 5 nitrogen and oxygen atoms in total. The fraction of sp³-hybridized carbons (Fsp3) is 0.280. The zero-order valence-electron chi connectivity index (χ0n) is 18.9. The minimum absolute atomic E-state index is 0.106. The van der Waals surface area contributed by atoms with Gasteiger partial charge in [0.25, 0.3) is 0 Å². The average molecular weight is 506 g/mol. The lowest BCUT2D eigenvalue weighted by atomic mass is 10.2. The quantitative estimate of drug-likeness (QED) is 0.359. The summed E-state index contributed by atoms with van der Waals surface area (Å²) in [6.07, 6.45) is 0.633. The van der Waals surface area contributed by atoms with Gasteiger partial charge in [0.1, 0.15) is 18.2 Å². The summed E-state index contributed by atoms with van der Waals surface area (Å²) in [5.74, 6) is -1.18. The molecule has 1 N–H and O–H groups in total. The number of carbonyl (C=O) groups is 2. The molecular weight excluding hydrogens is 480 g/mol. The van der Waals surface area contributed by atoms with Crippen LogP contribution < -0.4 is 5.32 Å². The molecule has 180 valence electrons. The smallest absolute Gasteiger partial charge is 0.322 e. The Morgan fingerprint density at radius 3 is 2.44 bits per heavy atom. The predicted octanol–water partition coefficient (Wildman–Crippen LogP) is 6.54. The molecule has 0 bridgehead atoms. The maximum Gasteiger partial charge on any atom is 0.322 e. The Labute approximate surface area is 206 Å². The Morgan fingerprint density at radius 2 is 1.82 bits per heavy atom. The summed E-state index contributed by atoms with van der Waals surface area (Å²) in [6, 6.07) is 13.0. The standard InChI is InChI=1S/C25H26ClF2N3O2S/c1-3-17(2)31(25(33)29-20-10-11-23(28)22(26)13-20)16-24(32)30(15-21-5-4-12-34-21)14-18-6-8-19(27)9-7-18/h4-13,17H,3,14-16H2,1-2H3,(H,29,33). The van der Waals surface area contributed by atoms with E-state index in [1.807, 2.05) is 31.4 Å². The molecule has 1 aromatic heterocycles. The summed E-state index contributed by atoms with van der Waals surface area (Å²) in [5, 5.41) is 4.52. The molecule has 0 saturated heterocycles. The SMILES string of the molecule is CCC(C)N(CC(=O)N(Cc1ccc(F)cc1)Cc1cccs1)C(=O)Nc1ccc(F)c(Cl)c1. The molecule has 0 aliphatic rings. The van der Waals surface area contributed by atoms with Gasteiger partial charge in [-0.2, -0.15) is 0 Å². The summed E-state index contributed by atoms with van der Waals surface area (Å²) in [7, 11) is 0. The second kappa shape index (κ2) is 11.9. The molecule has 0 aliphatic heterocycles. The molecule has 2 aromatic carbocycles. The van der Waals surface area contributed by atoms with Gasteiger partial charge in [-0.3, -0.25) is 4.79 Å². The van der Waals surface area contributed by atoms with Crippen molar-refractivity contribution in [2.45, 2.75) is 39.4 Å². The summed E-state index contributed by atoms with van der Waals surface area (Å²) >= 11 is 7.36. The second-order valence-corrected chi connectivity index (χ2v) is 9.34. The number of hydrogen-bond acceptors (Lipinski definition) is 3. The van der Waals surface area contributed by atoms with Gasteiger partial charge in [-0.05, 0) is 60.7 Å². The van der Waals surface area contributed by atoms with E-state index in [4.69, 9.17) is 11.6 Å². The highest BCUT2D eigenvalue weighted by atomic mass is 35.5. The topological polar surface area (TPSA) is 52.7 Å². The van der Waals surface area contributed by atoms with Gasteiger partial charge >= 0.3 is 6.03 Å². The van der Waals surface area contributed by atoms with Crippen molar-refractivity contribution in [1.82, 2.24) is 9.80 Å². The molecule has 3 rings (SSSR count). The number of amides is 3. The van der Waals surface area contributed by atoms with E-state index >= 15 is 0 Å². The first kappa shape index (κ1) is 25.6. The number of carbonyl (C=O) groups excluding carboxylic acids is 2. The van der Waals surface area contributed by atoms with Crippen LogP contribution in [0.1, 0.15) is 30.7 Å². The van der Waals surface area contributed by atoms with Gasteiger partial charge in [0, 0.05) is 23.2 Å². The summed E-state index contributed by atoms with van der Waals surface area (Å²) in [6.45, 7) is 4.28. The fourth-order valence-electron chi connectivity index (χ4n) is 3.30. The molecule has 0 saturated carbocycles. The van der Waals surface area contributed by atoms with Crippen LogP contribution in [0.5, 0.6) is 0 Å². The number of benzene rings is 2. The first-order valence-corrected chi connectivity index (χ1v) is 12.1. The van der Waals surface area contributed by atoms with E-state index in [1.165, 1.54) is 46.6 Å². The van der Waals surface area contributed by atoms with E-state index < -0.39 is 11.8 Å². The van der Waals surface area contributed by atoms with Crippen LogP contribution >= 0.6 is 22.9 Å². The molecule has 34 heavy (non-hydrogen) atoms. The van der Waals surface area contributed by atoms with E-state index in [-0.39, 0.29) is 35.9 Å². The number of anilines is 1. The van der Waals surface area contributed by atoms with Crippen LogP contribution in [-0.4, -0.2) is 34.3 Å². The number of rotatable bonds is 9. The van der Waals surface area contributed by atoms with Crippen LogP contribution in [0.2, 0.25) is 5.02 Å². The Morgan fingerprint density at radius 1 is 1.09 bits per heavy atom. The number of urea groups is 1. The van der Waals surface area contributed by atoms with E-state index in [0.29, 0.717) is 18.7 Å². The largest absolute Gasteiger partial charge is 0.332 e. The van der Waals surface area contributed by atoms with Crippen molar-refractivity contribution in [3.63, 3.8) is 0 Å². The molecule has 1 heterocycles. The third-order valence-electron chi connectivity index (χ3n) is 5.43. The van der Waals surface area contributed by atoms with Crippen LogP contribution in [0.3, 0.4) is 0 Å². The van der Waals surface area contributed by atoms with Crippen molar-refractivity contribution in [1.29, 1.82) is 0 Å². The zero-order valence-corrected chi connectivity index (χ0v) is 20.5. The lowest BCUT2D eigenvalue weighted by molar-refractivity contribution is -0.133. The third-order valence-corrected chi connectivity index (χ3v) is 6.58. The number of thiophene rings is 1. The monoisotopic (exact) mass is 505 g/mol. The molecule has 0 radical (unpaired) electrons. The Hall–Kier alpha value is -2.97. The highest BCUT2D eigenvalue weighted by Gasteiger charge is 2.25. The highest BCUT2D eigenvalue weighted by Crippen LogP contribution is 2.21. The first-order valence-electron chi connectivity index (χ1n) is 10.8. The van der Waals surface area contributed by atoms with Gasteiger partial charge in [-0.1, -0.05) is 36.7 Å². The predicted molar refractivity (Wildman–Crippen MR) is 132 cm³/mol. The van der Waals surface area contributed by atoms with E-state index in [2.05, 4.69) is 5.32 Å². The third kappa shape index (κ3) is 7.01. The summed E-state index contributed by atoms with van der Waals surface area (Å²) < 4.78 is 26.8. The van der Waals surface area contributed by atoms with Gasteiger partial charge in [-0.25, -0.2) is 13.6 Å². The number of nitrogens with zero attached hydrogens (tertiary/aromatic N) is 2. The molecule has 3 amide bonds. The maximum atomic E-state index is 13.5. The molecule has 1 atom stereocenters. The number of halogens is 3. The van der Waals surface area contributed by atoms with E-state index in [1.54, 1.807) is 17.0 Å². The van der Waals surface area contributed by atoms with E-state index in [0.717, 1.165) is 10.4 Å². The van der Waals surface area contributed by atoms with Crippen molar-refractivity contribution in [2.75, 3.05) is 11.9 Å². The number of hydrogen-bond donors (Lipinski definition) is 1. The van der Waals surface area contributed by atoms with Crippen molar-refractivity contribution in [3.8, 4) is 0 Å². The maximum absolute atomic E-state index is 13.5. The Kier molecular flexibility index (Phi) is 9.01. The van der Waals surface area contributed by atoms with Crippen molar-refractivity contribution in [3.05, 3.63) is 87.1 Å². The fourth-order valence-corrected chi connectivity index (χ4v) is 4.20. The van der Waals surface area contributed by atoms with Crippen LogP contribution in [0.4, 0.5) is 19.3 Å². The Bertz CT molecular complexity index is 1110. The van der Waals surface area contributed by atoms with Crippen LogP contribution in [-0.2, 0) is 17.9 Å². The summed E-state index contributed by atoms with van der Waals surface area (Å²) in [5.41, 5.74) is 1.12. The lowest BCUT2D eigenvalue weighted by Crippen LogP contribution is -2.47.